The SMILES string of the molecule is O=C(O)c1ccc(CNC(=O)C2CCN(S(=O)(=O)c3cccc4nsnc34)CC2)cc1. The van der Waals surface area contributed by atoms with Crippen molar-refractivity contribution in [3.05, 3.63) is 53.6 Å². The highest BCUT2D eigenvalue weighted by Crippen LogP contribution is 2.28. The standard InChI is InChI=1S/C20H20N4O5S2/c25-19(21-12-13-4-6-15(7-5-13)20(26)27)14-8-10-24(11-9-14)31(28,29)17-3-1-2-16-18(17)23-30-22-16/h1-7,14H,8-12H2,(H,21,25)(H,26,27). The summed E-state index contributed by atoms with van der Waals surface area (Å²) in [5.74, 6) is -1.41. The summed E-state index contributed by atoms with van der Waals surface area (Å²) < 4.78 is 35.8. The molecular weight excluding hydrogens is 440 g/mol. The van der Waals surface area contributed by atoms with Crippen LogP contribution in [0.4, 0.5) is 0 Å². The molecule has 1 aliphatic rings. The Hall–Kier alpha value is -2.89. The Balaban J connectivity index is 1.35. The van der Waals surface area contributed by atoms with Crippen molar-refractivity contribution in [2.45, 2.75) is 24.3 Å². The van der Waals surface area contributed by atoms with Gasteiger partial charge in [0.25, 0.3) is 0 Å². The Bertz CT molecular complexity index is 1220. The fourth-order valence-corrected chi connectivity index (χ4v) is 5.81. The molecule has 1 aliphatic heterocycles. The van der Waals surface area contributed by atoms with Crippen molar-refractivity contribution in [3.63, 3.8) is 0 Å². The van der Waals surface area contributed by atoms with Crippen LogP contribution in [0.3, 0.4) is 0 Å². The van der Waals surface area contributed by atoms with E-state index >= 15 is 0 Å². The average Bonchev–Trinajstić information content (AvgIpc) is 3.26. The Labute approximate surface area is 183 Å². The van der Waals surface area contributed by atoms with Crippen molar-refractivity contribution in [3.8, 4) is 0 Å². The fourth-order valence-electron chi connectivity index (χ4n) is 3.59. The lowest BCUT2D eigenvalue weighted by molar-refractivity contribution is -0.126. The number of hydrogen-bond acceptors (Lipinski definition) is 7. The fraction of sp³-hybridized carbons (Fsp3) is 0.300. The van der Waals surface area contributed by atoms with Crippen LogP contribution in [0.15, 0.2) is 47.4 Å². The van der Waals surface area contributed by atoms with E-state index < -0.39 is 16.0 Å². The summed E-state index contributed by atoms with van der Waals surface area (Å²) in [7, 11) is -3.72. The monoisotopic (exact) mass is 460 g/mol. The van der Waals surface area contributed by atoms with Crippen LogP contribution in [0, 0.1) is 5.92 Å². The van der Waals surface area contributed by atoms with Crippen molar-refractivity contribution >= 4 is 44.7 Å². The number of carbonyl (C=O) groups is 2. The van der Waals surface area contributed by atoms with E-state index in [-0.39, 0.29) is 41.9 Å². The van der Waals surface area contributed by atoms with Crippen LogP contribution in [-0.2, 0) is 21.4 Å². The molecule has 0 aliphatic carbocycles. The maximum atomic E-state index is 13.1. The number of hydrogen-bond donors (Lipinski definition) is 2. The second-order valence-electron chi connectivity index (χ2n) is 7.29. The number of carbonyl (C=O) groups excluding carboxylic acids is 1. The van der Waals surface area contributed by atoms with E-state index in [1.165, 1.54) is 22.5 Å². The van der Waals surface area contributed by atoms with Gasteiger partial charge in [0.05, 0.1) is 17.3 Å². The number of piperidine rings is 1. The normalized spacial score (nSPS) is 15.7. The summed E-state index contributed by atoms with van der Waals surface area (Å²) >= 11 is 0.975. The van der Waals surface area contributed by atoms with Crippen LogP contribution >= 0.6 is 11.7 Å². The van der Waals surface area contributed by atoms with E-state index in [9.17, 15) is 18.0 Å². The summed E-state index contributed by atoms with van der Waals surface area (Å²) in [6, 6.07) is 11.2. The zero-order chi connectivity index (χ0) is 22.0. The Morgan fingerprint density at radius 2 is 1.81 bits per heavy atom. The number of carboxylic acid groups (broad SMARTS) is 1. The molecule has 31 heavy (non-hydrogen) atoms. The van der Waals surface area contributed by atoms with Crippen LogP contribution in [0.1, 0.15) is 28.8 Å². The van der Waals surface area contributed by atoms with Crippen molar-refractivity contribution in [1.29, 1.82) is 0 Å². The van der Waals surface area contributed by atoms with Crippen molar-refractivity contribution in [1.82, 2.24) is 18.4 Å². The first-order chi connectivity index (χ1) is 14.9. The van der Waals surface area contributed by atoms with E-state index in [1.54, 1.807) is 24.3 Å². The summed E-state index contributed by atoms with van der Waals surface area (Å²) in [5.41, 5.74) is 1.91. The van der Waals surface area contributed by atoms with Gasteiger partial charge in [-0.2, -0.15) is 13.1 Å². The van der Waals surface area contributed by atoms with Gasteiger partial charge < -0.3 is 10.4 Å². The zero-order valence-electron chi connectivity index (χ0n) is 16.4. The molecule has 2 N–H and O–H groups in total. The number of benzene rings is 2. The first-order valence-corrected chi connectivity index (χ1v) is 11.8. The molecule has 0 atom stereocenters. The first kappa shape index (κ1) is 21.3. The van der Waals surface area contributed by atoms with Crippen LogP contribution < -0.4 is 5.32 Å². The molecule has 162 valence electrons. The van der Waals surface area contributed by atoms with E-state index in [0.717, 1.165) is 17.3 Å². The number of nitrogens with one attached hydrogen (secondary N) is 1. The minimum Gasteiger partial charge on any atom is -0.478 e. The lowest BCUT2D eigenvalue weighted by atomic mass is 9.97. The van der Waals surface area contributed by atoms with Gasteiger partial charge in [-0.1, -0.05) is 18.2 Å². The van der Waals surface area contributed by atoms with Gasteiger partial charge in [0.15, 0.2) is 0 Å². The van der Waals surface area contributed by atoms with Crippen molar-refractivity contribution in [2.75, 3.05) is 13.1 Å². The van der Waals surface area contributed by atoms with Crippen LogP contribution in [0.5, 0.6) is 0 Å². The summed E-state index contributed by atoms with van der Waals surface area (Å²) in [6.45, 7) is 0.791. The lowest BCUT2D eigenvalue weighted by Crippen LogP contribution is -2.42. The molecule has 3 aromatic rings. The first-order valence-electron chi connectivity index (χ1n) is 9.67. The number of aromatic nitrogens is 2. The highest BCUT2D eigenvalue weighted by Gasteiger charge is 2.33. The summed E-state index contributed by atoms with van der Waals surface area (Å²) in [4.78, 5) is 23.6. The summed E-state index contributed by atoms with van der Waals surface area (Å²) in [6.07, 6.45) is 0.850. The van der Waals surface area contributed by atoms with Gasteiger partial charge in [-0.05, 0) is 42.7 Å². The number of rotatable bonds is 6. The number of nitrogens with zero attached hydrogens (tertiary/aromatic N) is 3. The Morgan fingerprint density at radius 3 is 2.48 bits per heavy atom. The van der Waals surface area contributed by atoms with Gasteiger partial charge in [0.2, 0.25) is 15.9 Å². The van der Waals surface area contributed by atoms with Crippen LogP contribution in [-0.4, -0.2) is 51.5 Å². The largest absolute Gasteiger partial charge is 0.478 e. The third-order valence-electron chi connectivity index (χ3n) is 5.36. The van der Waals surface area contributed by atoms with E-state index in [0.29, 0.717) is 23.9 Å². The quantitative estimate of drug-likeness (QED) is 0.576. The number of carboxylic acids is 1. The van der Waals surface area contributed by atoms with E-state index in [1.807, 2.05) is 0 Å². The minimum atomic E-state index is -3.72. The number of amides is 1. The predicted octanol–water partition coefficient (Wildman–Crippen LogP) is 2.11. The highest BCUT2D eigenvalue weighted by atomic mass is 32.2. The van der Waals surface area contributed by atoms with Crippen LogP contribution in [0.2, 0.25) is 0 Å². The van der Waals surface area contributed by atoms with Gasteiger partial charge >= 0.3 is 5.97 Å². The van der Waals surface area contributed by atoms with Gasteiger partial charge in [-0.3, -0.25) is 4.79 Å². The minimum absolute atomic E-state index is 0.134. The number of fused-ring (bicyclic) bond motifs is 1. The third-order valence-corrected chi connectivity index (χ3v) is 7.83. The van der Waals surface area contributed by atoms with Crippen molar-refractivity contribution < 1.29 is 23.1 Å². The van der Waals surface area contributed by atoms with E-state index in [4.69, 9.17) is 5.11 Å². The Kier molecular flexibility index (Phi) is 5.99. The summed E-state index contributed by atoms with van der Waals surface area (Å²) in [5, 5.41) is 11.8. The molecule has 2 aromatic carbocycles. The molecule has 0 radical (unpaired) electrons. The molecule has 1 amide bonds. The van der Waals surface area contributed by atoms with Gasteiger partial charge in [-0.15, -0.1) is 0 Å². The van der Waals surface area contributed by atoms with Crippen molar-refractivity contribution in [2.24, 2.45) is 5.92 Å². The third kappa shape index (κ3) is 4.43. The lowest BCUT2D eigenvalue weighted by Gasteiger charge is -2.30. The molecular formula is C20H20N4O5S2. The highest BCUT2D eigenvalue weighted by molar-refractivity contribution is 7.89. The molecule has 0 unspecified atom stereocenters. The molecule has 0 spiro atoms. The van der Waals surface area contributed by atoms with Gasteiger partial charge in [0.1, 0.15) is 15.9 Å². The molecule has 1 saturated heterocycles. The maximum Gasteiger partial charge on any atom is 0.335 e. The topological polar surface area (TPSA) is 130 Å². The van der Waals surface area contributed by atoms with E-state index in [2.05, 4.69) is 14.1 Å². The molecule has 1 fully saturated rings. The number of aromatic carboxylic acids is 1. The van der Waals surface area contributed by atoms with Gasteiger partial charge in [0, 0.05) is 25.6 Å². The maximum absolute atomic E-state index is 13.1. The predicted molar refractivity (Wildman–Crippen MR) is 114 cm³/mol. The molecule has 11 heteroatoms. The second kappa shape index (κ2) is 8.69. The number of sulfonamides is 1. The molecule has 0 bridgehead atoms. The Morgan fingerprint density at radius 1 is 1.10 bits per heavy atom. The molecule has 9 nitrogen and oxygen atoms in total. The molecule has 0 saturated carbocycles. The molecule has 1 aromatic heterocycles. The molecule has 4 rings (SSSR count). The van der Waals surface area contributed by atoms with Crippen LogP contribution in [0.25, 0.3) is 11.0 Å². The molecule has 2 heterocycles. The smallest absolute Gasteiger partial charge is 0.335 e. The average molecular weight is 461 g/mol. The second-order valence-corrected chi connectivity index (χ2v) is 9.72. The van der Waals surface area contributed by atoms with Gasteiger partial charge in [-0.25, -0.2) is 13.2 Å². The zero-order valence-corrected chi connectivity index (χ0v) is 18.0.